The van der Waals surface area contributed by atoms with Gasteiger partial charge in [-0.2, -0.15) is 0 Å². The van der Waals surface area contributed by atoms with E-state index in [0.717, 1.165) is 0 Å². The molecular formula is C32H32Cl2HfSi. The van der Waals surface area contributed by atoms with Gasteiger partial charge < -0.3 is 0 Å². The summed E-state index contributed by atoms with van der Waals surface area (Å²) in [7, 11) is 0. The maximum atomic E-state index is 2.47. The summed E-state index contributed by atoms with van der Waals surface area (Å²) in [6.45, 7) is 7.22. The fraction of sp³-hybridized carbons (Fsp3) is 0.125. The molecule has 0 saturated carbocycles. The standard InChI is InChI=1S/2C10H9.2C6H5.2ClH.Hf.H2Si/c2*1-8-6-9-4-2-3-5-10(9)7-8;2*1-2-4-6-5-3-1;;;;/h2*2-7H,1H3;2*1-5H;2*1H;;1H2. The molecule has 6 rings (SSSR count). The summed E-state index contributed by atoms with van der Waals surface area (Å²) in [5, 5.41) is 0. The third-order valence-corrected chi connectivity index (χ3v) is 49.1. The molecule has 0 N–H and O–H groups in total. The molecule has 0 spiro atoms. The molecule has 36 heavy (non-hydrogen) atoms. The van der Waals surface area contributed by atoms with Crippen LogP contribution in [-0.4, -0.2) is 6.94 Å². The Morgan fingerprint density at radius 3 is 1.22 bits per heavy atom. The molecule has 182 valence electrons. The normalized spacial score (nSPS) is 18.2. The predicted octanol–water partition coefficient (Wildman–Crippen LogP) is 7.04. The second-order valence-electron chi connectivity index (χ2n) is 10.3. The number of hydrogen-bond donors (Lipinski definition) is 0. The average molecular weight is 694 g/mol. The Hall–Kier alpha value is -1.97. The molecule has 2 atom stereocenters. The zero-order chi connectivity index (χ0) is 23.4. The topological polar surface area (TPSA) is 0 Å². The Morgan fingerprint density at radius 1 is 0.500 bits per heavy atom. The maximum absolute atomic E-state index is 4.44. The second kappa shape index (κ2) is 10.1. The van der Waals surface area contributed by atoms with Gasteiger partial charge in [-0.25, -0.2) is 0 Å². The molecule has 0 aromatic heterocycles. The molecule has 0 aliphatic heterocycles. The van der Waals surface area contributed by atoms with Crippen molar-refractivity contribution in [1.29, 1.82) is 0 Å². The summed E-state index contributed by atoms with van der Waals surface area (Å²) < 4.78 is 4.03. The second-order valence-corrected chi connectivity index (χ2v) is 42.7. The largest absolute Gasteiger partial charge is 0.147 e. The number of hydrogen-bond acceptors (Lipinski definition) is 0. The van der Waals surface area contributed by atoms with Crippen LogP contribution < -0.4 is 6.64 Å². The number of halogens is 2. The summed E-state index contributed by atoms with van der Waals surface area (Å²) in [5.74, 6) is 0. The molecule has 2 aliphatic carbocycles. The van der Waals surface area contributed by atoms with Crippen molar-refractivity contribution in [2.24, 2.45) is 0 Å². The SMILES string of the molecule is CC1=Cc2ccccc2[CH]1[Hf](=[SiH2])([c]1ccccc1)([c]1ccccc1)[CH]1C(C)=Cc2ccccc21.Cl.Cl. The zero-order valence-electron chi connectivity index (χ0n) is 20.7. The minimum atomic E-state index is -4.44. The van der Waals surface area contributed by atoms with Gasteiger partial charge in [-0.05, 0) is 0 Å². The van der Waals surface area contributed by atoms with Crippen LogP contribution in [0.1, 0.15) is 43.5 Å². The predicted molar refractivity (Wildman–Crippen MR) is 161 cm³/mol. The minimum absolute atomic E-state index is 0. The van der Waals surface area contributed by atoms with E-state index in [1.807, 2.05) is 0 Å². The van der Waals surface area contributed by atoms with Crippen LogP contribution in [0.4, 0.5) is 0 Å². The number of allylic oxidation sites excluding steroid dienone is 2. The van der Waals surface area contributed by atoms with E-state index in [-0.39, 0.29) is 24.8 Å². The van der Waals surface area contributed by atoms with E-state index in [4.69, 9.17) is 0 Å². The van der Waals surface area contributed by atoms with Crippen molar-refractivity contribution in [3.8, 4) is 0 Å². The van der Waals surface area contributed by atoms with Crippen molar-refractivity contribution >= 4 is 50.5 Å². The van der Waals surface area contributed by atoms with Crippen LogP contribution in [0.3, 0.4) is 0 Å². The summed E-state index contributed by atoms with van der Waals surface area (Å²) in [6.07, 6.45) is 4.94. The van der Waals surface area contributed by atoms with Gasteiger partial charge in [-0.15, -0.1) is 24.8 Å². The molecule has 4 heteroatoms. The molecule has 0 nitrogen and oxygen atoms in total. The van der Waals surface area contributed by atoms with Gasteiger partial charge in [0.1, 0.15) is 0 Å². The fourth-order valence-electron chi connectivity index (χ4n) is 7.37. The van der Waals surface area contributed by atoms with E-state index in [9.17, 15) is 0 Å². The molecule has 4 aromatic carbocycles. The molecule has 4 aromatic rings. The van der Waals surface area contributed by atoms with Crippen LogP contribution in [-0.2, 0) is 17.1 Å². The Kier molecular flexibility index (Phi) is 7.57. The van der Waals surface area contributed by atoms with Gasteiger partial charge in [-0.3, -0.25) is 0 Å². The Morgan fingerprint density at radius 2 is 0.833 bits per heavy atom. The third-order valence-electron chi connectivity index (χ3n) is 8.52. The summed E-state index contributed by atoms with van der Waals surface area (Å²) in [4.78, 5) is 0. The molecule has 2 aliphatic rings. The molecule has 0 heterocycles. The Balaban J connectivity index is 0.00000152. The molecule has 0 radical (unpaired) electrons. The summed E-state index contributed by atoms with van der Waals surface area (Å²) in [5.41, 5.74) is 8.90. The molecule has 0 saturated heterocycles. The van der Waals surface area contributed by atoms with Crippen LogP contribution >= 0.6 is 24.8 Å². The molecule has 2 unspecified atom stereocenters. The third kappa shape index (κ3) is 3.64. The van der Waals surface area contributed by atoms with Gasteiger partial charge >= 0.3 is 207 Å². The van der Waals surface area contributed by atoms with Crippen LogP contribution in [0.2, 0.25) is 0 Å². The first-order valence-electron chi connectivity index (χ1n) is 12.2. The van der Waals surface area contributed by atoms with E-state index in [0.29, 0.717) is 7.35 Å². The quantitative estimate of drug-likeness (QED) is 0.202. The van der Waals surface area contributed by atoms with E-state index < -0.39 is 17.1 Å². The van der Waals surface area contributed by atoms with Gasteiger partial charge in [0, 0.05) is 0 Å². The van der Waals surface area contributed by atoms with Crippen LogP contribution in [0.15, 0.2) is 120 Å². The Labute approximate surface area is 229 Å². The van der Waals surface area contributed by atoms with Gasteiger partial charge in [0.15, 0.2) is 0 Å². The summed E-state index contributed by atoms with van der Waals surface area (Å²) in [6, 6.07) is 41.5. The van der Waals surface area contributed by atoms with Crippen molar-refractivity contribution in [3.05, 3.63) is 143 Å². The van der Waals surface area contributed by atoms with Crippen molar-refractivity contribution in [2.45, 2.75) is 21.2 Å². The van der Waals surface area contributed by atoms with E-state index in [2.05, 4.69) is 142 Å². The summed E-state index contributed by atoms with van der Waals surface area (Å²) >= 11 is -4.44. The van der Waals surface area contributed by atoms with E-state index in [1.165, 1.54) is 33.4 Å². The van der Waals surface area contributed by atoms with Crippen LogP contribution in [0.5, 0.6) is 0 Å². The number of benzene rings is 4. The van der Waals surface area contributed by atoms with Crippen LogP contribution in [0, 0.1) is 0 Å². The minimum Gasteiger partial charge on any atom is -0.147 e. The molecule has 0 fully saturated rings. The van der Waals surface area contributed by atoms with Gasteiger partial charge in [0.25, 0.3) is 0 Å². The van der Waals surface area contributed by atoms with E-state index >= 15 is 0 Å². The first-order chi connectivity index (χ1) is 16.5. The first-order valence-corrected chi connectivity index (χ1v) is 28.3. The van der Waals surface area contributed by atoms with Gasteiger partial charge in [0.05, 0.1) is 0 Å². The van der Waals surface area contributed by atoms with Gasteiger partial charge in [0.2, 0.25) is 0 Å². The van der Waals surface area contributed by atoms with Gasteiger partial charge in [-0.1, -0.05) is 0 Å². The Bertz CT molecular complexity index is 1420. The average Bonchev–Trinajstić information content (AvgIpc) is 3.41. The smallest absolute Gasteiger partial charge is 0.147 e. The molecule has 0 amide bonds. The number of rotatable bonds is 4. The van der Waals surface area contributed by atoms with Crippen molar-refractivity contribution in [1.82, 2.24) is 0 Å². The number of fused-ring (bicyclic) bond motifs is 2. The molecular weight excluding hydrogens is 662 g/mol. The molecule has 0 bridgehead atoms. The van der Waals surface area contributed by atoms with Crippen LogP contribution in [0.25, 0.3) is 12.2 Å². The zero-order valence-corrected chi connectivity index (χ0v) is 27.4. The monoisotopic (exact) mass is 694 g/mol. The van der Waals surface area contributed by atoms with Crippen molar-refractivity contribution < 1.29 is 17.1 Å². The maximum Gasteiger partial charge on any atom is -0.147 e. The van der Waals surface area contributed by atoms with E-state index in [1.54, 1.807) is 6.64 Å². The van der Waals surface area contributed by atoms with Crippen molar-refractivity contribution in [2.75, 3.05) is 0 Å². The first kappa shape index (κ1) is 27.1. The van der Waals surface area contributed by atoms with Crippen molar-refractivity contribution in [3.63, 3.8) is 0 Å². The fourth-order valence-corrected chi connectivity index (χ4v) is 49.4.